The molecule has 1 fully saturated rings. The van der Waals surface area contributed by atoms with Crippen molar-refractivity contribution < 1.29 is 9.63 Å². The number of rotatable bonds is 7. The maximum Gasteiger partial charge on any atom is 0.268 e. The number of carbonyl (C=O) groups excluding carboxylic acids is 1. The van der Waals surface area contributed by atoms with Crippen LogP contribution >= 0.6 is 23.2 Å². The number of alkyl halides is 2. The summed E-state index contributed by atoms with van der Waals surface area (Å²) in [6.07, 6.45) is 7.07. The van der Waals surface area contributed by atoms with Crippen LogP contribution in [0, 0.1) is 0 Å². The maximum atomic E-state index is 11.5. The molecule has 0 aliphatic carbocycles. The van der Waals surface area contributed by atoms with Gasteiger partial charge in [0.2, 0.25) is 0 Å². The minimum Gasteiger partial charge on any atom is -0.271 e. The molecule has 0 aromatic rings. The summed E-state index contributed by atoms with van der Waals surface area (Å²) < 4.78 is 0. The van der Waals surface area contributed by atoms with E-state index in [1.54, 1.807) is 0 Å². The van der Waals surface area contributed by atoms with Crippen LogP contribution in [0.5, 0.6) is 0 Å². The van der Waals surface area contributed by atoms with Crippen molar-refractivity contribution in [2.24, 2.45) is 0 Å². The van der Waals surface area contributed by atoms with Crippen molar-refractivity contribution in [2.45, 2.75) is 56.4 Å². The lowest BCUT2D eigenvalue weighted by Crippen LogP contribution is -2.27. The summed E-state index contributed by atoms with van der Waals surface area (Å²) >= 11 is 11.5. The molecule has 2 unspecified atom stereocenters. The molecular weight excluding hydrogens is 249 g/mol. The summed E-state index contributed by atoms with van der Waals surface area (Å²) in [6, 6.07) is 0. The van der Waals surface area contributed by atoms with Crippen molar-refractivity contribution in [3.8, 4) is 0 Å². The number of carbonyl (C=O) groups is 1. The van der Waals surface area contributed by atoms with Gasteiger partial charge in [0.1, 0.15) is 0 Å². The first-order valence-electron chi connectivity index (χ1n) is 5.93. The standard InChI is InChI=1S/C11H19Cl2NO2/c1-2-3-4-5-6-7-8-14-11(15)9(12)10(13)16-14/h9-10H,2-8H2,1H3. The number of hydrogen-bond acceptors (Lipinski definition) is 2. The summed E-state index contributed by atoms with van der Waals surface area (Å²) in [4.78, 5) is 16.6. The van der Waals surface area contributed by atoms with Gasteiger partial charge in [-0.2, -0.15) is 0 Å². The predicted molar refractivity (Wildman–Crippen MR) is 65.5 cm³/mol. The Hall–Kier alpha value is 0.01000. The molecule has 1 heterocycles. The molecular formula is C11H19Cl2NO2. The Labute approximate surface area is 107 Å². The first-order valence-corrected chi connectivity index (χ1v) is 6.80. The molecule has 1 rings (SSSR count). The number of nitrogens with zero attached hydrogens (tertiary/aromatic N) is 1. The molecule has 0 bridgehead atoms. The molecule has 1 saturated heterocycles. The fourth-order valence-corrected chi connectivity index (χ4v) is 2.03. The SMILES string of the molecule is CCCCCCCCN1OC(Cl)C(Cl)C1=O. The van der Waals surface area contributed by atoms with E-state index in [0.717, 1.165) is 12.8 Å². The molecule has 0 aromatic heterocycles. The third-order valence-corrected chi connectivity index (χ3v) is 3.53. The Morgan fingerprint density at radius 3 is 2.38 bits per heavy atom. The van der Waals surface area contributed by atoms with Crippen LogP contribution in [0.2, 0.25) is 0 Å². The third kappa shape index (κ3) is 4.11. The van der Waals surface area contributed by atoms with E-state index < -0.39 is 10.9 Å². The van der Waals surface area contributed by atoms with Gasteiger partial charge in [0, 0.05) is 6.54 Å². The highest BCUT2D eigenvalue weighted by molar-refractivity contribution is 6.37. The van der Waals surface area contributed by atoms with Gasteiger partial charge in [-0.1, -0.05) is 50.6 Å². The van der Waals surface area contributed by atoms with Crippen LogP contribution in [0.3, 0.4) is 0 Å². The number of unbranched alkanes of at least 4 members (excludes halogenated alkanes) is 5. The summed E-state index contributed by atoms with van der Waals surface area (Å²) in [5.74, 6) is -0.213. The van der Waals surface area contributed by atoms with Crippen molar-refractivity contribution >= 4 is 29.1 Å². The second-order valence-electron chi connectivity index (χ2n) is 4.07. The lowest BCUT2D eigenvalue weighted by molar-refractivity contribution is -0.165. The Kier molecular flexibility index (Phi) is 6.47. The molecule has 2 atom stereocenters. The van der Waals surface area contributed by atoms with Gasteiger partial charge >= 0.3 is 0 Å². The molecule has 1 aliphatic heterocycles. The van der Waals surface area contributed by atoms with Crippen molar-refractivity contribution in [1.29, 1.82) is 0 Å². The molecule has 1 amide bonds. The minimum absolute atomic E-state index is 0.213. The largest absolute Gasteiger partial charge is 0.271 e. The Morgan fingerprint density at radius 1 is 1.19 bits per heavy atom. The first-order chi connectivity index (χ1) is 7.66. The topological polar surface area (TPSA) is 29.5 Å². The highest BCUT2D eigenvalue weighted by atomic mass is 35.5. The maximum absolute atomic E-state index is 11.5. The highest BCUT2D eigenvalue weighted by Crippen LogP contribution is 2.24. The van der Waals surface area contributed by atoms with Gasteiger partial charge in [0.05, 0.1) is 0 Å². The fourth-order valence-electron chi connectivity index (χ4n) is 1.68. The number of hydroxylamine groups is 2. The summed E-state index contributed by atoms with van der Waals surface area (Å²) in [5, 5.41) is 0.566. The smallest absolute Gasteiger partial charge is 0.268 e. The van der Waals surface area contributed by atoms with Crippen LogP contribution < -0.4 is 0 Å². The van der Waals surface area contributed by atoms with Gasteiger partial charge in [0.15, 0.2) is 10.9 Å². The molecule has 0 aromatic carbocycles. The van der Waals surface area contributed by atoms with E-state index in [9.17, 15) is 4.79 Å². The zero-order valence-corrected chi connectivity index (χ0v) is 11.1. The second-order valence-corrected chi connectivity index (χ2v) is 4.97. The molecule has 1 aliphatic rings. The molecule has 0 saturated carbocycles. The van der Waals surface area contributed by atoms with E-state index in [1.807, 2.05) is 0 Å². The van der Waals surface area contributed by atoms with Crippen LogP contribution in [0.4, 0.5) is 0 Å². The lowest BCUT2D eigenvalue weighted by Gasteiger charge is -2.13. The zero-order chi connectivity index (χ0) is 12.0. The van der Waals surface area contributed by atoms with Crippen LogP contribution in [0.1, 0.15) is 45.4 Å². The van der Waals surface area contributed by atoms with Crippen molar-refractivity contribution in [3.05, 3.63) is 0 Å². The third-order valence-electron chi connectivity index (χ3n) is 2.65. The van der Waals surface area contributed by atoms with Gasteiger partial charge in [-0.25, -0.2) is 9.90 Å². The van der Waals surface area contributed by atoms with E-state index in [0.29, 0.717) is 6.54 Å². The average molecular weight is 268 g/mol. The lowest BCUT2D eigenvalue weighted by atomic mass is 10.1. The molecule has 94 valence electrons. The van der Waals surface area contributed by atoms with Crippen LogP contribution in [-0.2, 0) is 9.63 Å². The molecule has 3 nitrogen and oxygen atoms in total. The van der Waals surface area contributed by atoms with Crippen molar-refractivity contribution in [3.63, 3.8) is 0 Å². The number of hydrogen-bond donors (Lipinski definition) is 0. The van der Waals surface area contributed by atoms with Gasteiger partial charge < -0.3 is 0 Å². The monoisotopic (exact) mass is 267 g/mol. The summed E-state index contributed by atoms with van der Waals surface area (Å²) in [7, 11) is 0. The number of amides is 1. The molecule has 16 heavy (non-hydrogen) atoms. The van der Waals surface area contributed by atoms with Crippen molar-refractivity contribution in [2.75, 3.05) is 6.54 Å². The van der Waals surface area contributed by atoms with E-state index in [2.05, 4.69) is 6.92 Å². The fraction of sp³-hybridized carbons (Fsp3) is 0.909. The Morgan fingerprint density at radius 2 is 1.81 bits per heavy atom. The molecule has 5 heteroatoms. The molecule has 0 radical (unpaired) electrons. The van der Waals surface area contributed by atoms with Gasteiger partial charge in [-0.05, 0) is 6.42 Å². The van der Waals surface area contributed by atoms with Gasteiger partial charge in [-0.15, -0.1) is 11.6 Å². The zero-order valence-electron chi connectivity index (χ0n) is 9.62. The van der Waals surface area contributed by atoms with Gasteiger partial charge in [0.25, 0.3) is 5.91 Å². The Bertz CT molecular complexity index is 226. The quantitative estimate of drug-likeness (QED) is 0.523. The summed E-state index contributed by atoms with van der Waals surface area (Å²) in [6.45, 7) is 2.79. The van der Waals surface area contributed by atoms with E-state index in [-0.39, 0.29) is 5.91 Å². The minimum atomic E-state index is -0.734. The second kappa shape index (κ2) is 7.36. The van der Waals surface area contributed by atoms with E-state index in [1.165, 1.54) is 30.7 Å². The highest BCUT2D eigenvalue weighted by Gasteiger charge is 2.39. The van der Waals surface area contributed by atoms with Crippen LogP contribution in [0.15, 0.2) is 0 Å². The molecule has 0 spiro atoms. The summed E-state index contributed by atoms with van der Waals surface area (Å²) in [5.41, 5.74) is -0.714. The predicted octanol–water partition coefficient (Wildman–Crippen LogP) is 3.29. The van der Waals surface area contributed by atoms with E-state index in [4.69, 9.17) is 28.0 Å². The van der Waals surface area contributed by atoms with Crippen molar-refractivity contribution in [1.82, 2.24) is 5.06 Å². The van der Waals surface area contributed by atoms with Crippen LogP contribution in [0.25, 0.3) is 0 Å². The molecule has 0 N–H and O–H groups in total. The van der Waals surface area contributed by atoms with E-state index >= 15 is 0 Å². The normalized spacial score (nSPS) is 25.4. The number of halogens is 2. The van der Waals surface area contributed by atoms with Crippen LogP contribution in [-0.4, -0.2) is 28.5 Å². The Balaban J connectivity index is 2.08. The average Bonchev–Trinajstić information content (AvgIpc) is 2.51. The first kappa shape index (κ1) is 14.1. The van der Waals surface area contributed by atoms with Gasteiger partial charge in [-0.3, -0.25) is 4.79 Å².